The molecule has 136 valence electrons. The average molecular weight is 363 g/mol. The molecule has 0 N–H and O–H groups in total. The lowest BCUT2D eigenvalue weighted by Gasteiger charge is -2.29. The Kier molecular flexibility index (Phi) is 4.95. The van der Waals surface area contributed by atoms with Crippen LogP contribution in [0.1, 0.15) is 30.5 Å². The normalized spacial score (nSPS) is 15.4. The standard InChI is InChI=1S/C21H17NO5/c1-21(2)26-19(23)18(20(24)27-21)11-14-5-4-8-17(10-14)25-13-16-7-3-6-15(9-16)12-22/h3-11H,13H2,1-2H3. The number of nitriles is 1. The summed E-state index contributed by atoms with van der Waals surface area (Å²) in [5.74, 6) is -2.16. The molecule has 2 aromatic rings. The summed E-state index contributed by atoms with van der Waals surface area (Å²) in [5.41, 5.74) is 1.85. The van der Waals surface area contributed by atoms with Crippen LogP contribution >= 0.6 is 0 Å². The van der Waals surface area contributed by atoms with Crippen LogP contribution in [-0.4, -0.2) is 17.7 Å². The molecule has 2 aromatic carbocycles. The van der Waals surface area contributed by atoms with Crippen molar-refractivity contribution in [2.75, 3.05) is 0 Å². The van der Waals surface area contributed by atoms with Gasteiger partial charge in [-0.15, -0.1) is 0 Å². The molecule has 1 fully saturated rings. The number of carbonyl (C=O) groups excluding carboxylic acids is 2. The topological polar surface area (TPSA) is 85.6 Å². The quantitative estimate of drug-likeness (QED) is 0.470. The van der Waals surface area contributed by atoms with E-state index in [0.717, 1.165) is 5.56 Å². The van der Waals surface area contributed by atoms with Gasteiger partial charge in [-0.25, -0.2) is 9.59 Å². The molecule has 0 spiro atoms. The molecule has 1 heterocycles. The largest absolute Gasteiger partial charge is 0.489 e. The summed E-state index contributed by atoms with van der Waals surface area (Å²) >= 11 is 0. The second-order valence-electron chi connectivity index (χ2n) is 6.41. The van der Waals surface area contributed by atoms with Crippen LogP contribution in [0.15, 0.2) is 54.1 Å². The van der Waals surface area contributed by atoms with Gasteiger partial charge < -0.3 is 14.2 Å². The summed E-state index contributed by atoms with van der Waals surface area (Å²) in [6.07, 6.45) is 1.41. The molecule has 0 amide bonds. The second-order valence-corrected chi connectivity index (χ2v) is 6.41. The Morgan fingerprint density at radius 1 is 1.07 bits per heavy atom. The molecule has 1 aliphatic rings. The van der Waals surface area contributed by atoms with Crippen molar-refractivity contribution < 1.29 is 23.8 Å². The van der Waals surface area contributed by atoms with Crippen molar-refractivity contribution in [3.05, 3.63) is 70.8 Å². The molecule has 0 bridgehead atoms. The van der Waals surface area contributed by atoms with E-state index in [2.05, 4.69) is 6.07 Å². The van der Waals surface area contributed by atoms with Gasteiger partial charge in [0.15, 0.2) is 0 Å². The Labute approximate surface area is 156 Å². The van der Waals surface area contributed by atoms with E-state index in [1.54, 1.807) is 42.5 Å². The minimum atomic E-state index is -1.27. The van der Waals surface area contributed by atoms with Gasteiger partial charge in [0, 0.05) is 13.8 Å². The first kappa shape index (κ1) is 18.2. The van der Waals surface area contributed by atoms with Crippen molar-refractivity contribution in [1.82, 2.24) is 0 Å². The van der Waals surface area contributed by atoms with Crippen LogP contribution in [0.2, 0.25) is 0 Å². The van der Waals surface area contributed by atoms with Gasteiger partial charge in [0.2, 0.25) is 0 Å². The second kappa shape index (κ2) is 7.34. The molecule has 6 heteroatoms. The molecule has 1 saturated heterocycles. The predicted molar refractivity (Wildman–Crippen MR) is 96.2 cm³/mol. The van der Waals surface area contributed by atoms with E-state index in [-0.39, 0.29) is 12.2 Å². The summed E-state index contributed by atoms with van der Waals surface area (Å²) < 4.78 is 15.9. The molecule has 0 saturated carbocycles. The molecular weight excluding hydrogens is 346 g/mol. The molecule has 0 aromatic heterocycles. The van der Waals surface area contributed by atoms with Gasteiger partial charge in [-0.05, 0) is 41.5 Å². The third-order valence-electron chi connectivity index (χ3n) is 3.75. The van der Waals surface area contributed by atoms with Gasteiger partial charge in [0.05, 0.1) is 11.6 Å². The molecule has 6 nitrogen and oxygen atoms in total. The van der Waals surface area contributed by atoms with Gasteiger partial charge in [-0.2, -0.15) is 5.26 Å². The summed E-state index contributed by atoms with van der Waals surface area (Å²) in [4.78, 5) is 24.1. The van der Waals surface area contributed by atoms with Crippen molar-refractivity contribution in [3.63, 3.8) is 0 Å². The summed E-state index contributed by atoms with van der Waals surface area (Å²) in [6, 6.07) is 16.1. The van der Waals surface area contributed by atoms with E-state index < -0.39 is 17.7 Å². The zero-order valence-electron chi connectivity index (χ0n) is 14.9. The van der Waals surface area contributed by atoms with Crippen LogP contribution in [0.4, 0.5) is 0 Å². The number of carbonyl (C=O) groups is 2. The number of ether oxygens (including phenoxy) is 3. The molecular formula is C21H17NO5. The van der Waals surface area contributed by atoms with Crippen LogP contribution < -0.4 is 4.74 Å². The Morgan fingerprint density at radius 2 is 1.78 bits per heavy atom. The first-order valence-electron chi connectivity index (χ1n) is 8.26. The average Bonchev–Trinajstić information content (AvgIpc) is 2.63. The first-order chi connectivity index (χ1) is 12.9. The highest BCUT2D eigenvalue weighted by Crippen LogP contribution is 2.25. The summed E-state index contributed by atoms with van der Waals surface area (Å²) in [7, 11) is 0. The third-order valence-corrected chi connectivity index (χ3v) is 3.75. The van der Waals surface area contributed by atoms with Crippen LogP contribution in [0.5, 0.6) is 5.75 Å². The van der Waals surface area contributed by atoms with Crippen LogP contribution in [0.3, 0.4) is 0 Å². The zero-order valence-corrected chi connectivity index (χ0v) is 14.9. The molecule has 1 aliphatic heterocycles. The van der Waals surface area contributed by atoms with E-state index in [9.17, 15) is 9.59 Å². The smallest absolute Gasteiger partial charge is 0.348 e. The maximum absolute atomic E-state index is 12.0. The highest BCUT2D eigenvalue weighted by molar-refractivity contribution is 6.18. The molecule has 0 radical (unpaired) electrons. The summed E-state index contributed by atoms with van der Waals surface area (Å²) in [6.45, 7) is 3.28. The number of hydrogen-bond acceptors (Lipinski definition) is 6. The van der Waals surface area contributed by atoms with Crippen molar-refractivity contribution in [3.8, 4) is 11.8 Å². The predicted octanol–water partition coefficient (Wildman–Crippen LogP) is 3.36. The summed E-state index contributed by atoms with van der Waals surface area (Å²) in [5, 5.41) is 8.94. The SMILES string of the molecule is CC1(C)OC(=O)C(=Cc2cccc(OCc3cccc(C#N)c3)c2)C(=O)O1. The van der Waals surface area contributed by atoms with Gasteiger partial charge in [-0.3, -0.25) is 0 Å². The lowest BCUT2D eigenvalue weighted by atomic mass is 10.1. The van der Waals surface area contributed by atoms with Crippen molar-refractivity contribution in [1.29, 1.82) is 5.26 Å². The maximum atomic E-state index is 12.0. The van der Waals surface area contributed by atoms with Crippen LogP contribution in [-0.2, 0) is 25.7 Å². The number of esters is 2. The lowest BCUT2D eigenvalue weighted by molar-refractivity contribution is -0.222. The van der Waals surface area contributed by atoms with Crippen molar-refractivity contribution in [2.24, 2.45) is 0 Å². The Morgan fingerprint density at radius 3 is 2.48 bits per heavy atom. The van der Waals surface area contributed by atoms with Gasteiger partial charge >= 0.3 is 11.9 Å². The Hall–Kier alpha value is -3.59. The molecule has 0 unspecified atom stereocenters. The van der Waals surface area contributed by atoms with Crippen LogP contribution in [0.25, 0.3) is 6.08 Å². The zero-order chi connectivity index (χ0) is 19.4. The Bertz CT molecular complexity index is 947. The van der Waals surface area contributed by atoms with E-state index in [1.807, 2.05) is 6.07 Å². The van der Waals surface area contributed by atoms with E-state index in [0.29, 0.717) is 16.9 Å². The van der Waals surface area contributed by atoms with Crippen LogP contribution in [0, 0.1) is 11.3 Å². The highest BCUT2D eigenvalue weighted by atomic mass is 16.7. The van der Waals surface area contributed by atoms with Gasteiger partial charge in [-0.1, -0.05) is 24.3 Å². The number of nitrogens with zero attached hydrogens (tertiary/aromatic N) is 1. The number of benzene rings is 2. The lowest BCUT2D eigenvalue weighted by Crippen LogP contribution is -2.41. The van der Waals surface area contributed by atoms with Gasteiger partial charge in [0.1, 0.15) is 17.9 Å². The van der Waals surface area contributed by atoms with Crippen molar-refractivity contribution >= 4 is 18.0 Å². The minimum Gasteiger partial charge on any atom is -0.489 e. The minimum absolute atomic E-state index is 0.173. The third kappa shape index (κ3) is 4.53. The number of rotatable bonds is 4. The molecule has 0 atom stereocenters. The van der Waals surface area contributed by atoms with E-state index >= 15 is 0 Å². The molecule has 27 heavy (non-hydrogen) atoms. The highest BCUT2D eigenvalue weighted by Gasteiger charge is 2.38. The Balaban J connectivity index is 1.75. The fraction of sp³-hybridized carbons (Fsp3) is 0.190. The van der Waals surface area contributed by atoms with E-state index in [4.69, 9.17) is 19.5 Å². The molecule has 0 aliphatic carbocycles. The fourth-order valence-electron chi connectivity index (χ4n) is 2.54. The number of hydrogen-bond donors (Lipinski definition) is 0. The number of cyclic esters (lactones) is 2. The first-order valence-corrected chi connectivity index (χ1v) is 8.26. The van der Waals surface area contributed by atoms with Gasteiger partial charge in [0.25, 0.3) is 5.79 Å². The molecule has 3 rings (SSSR count). The monoisotopic (exact) mass is 363 g/mol. The maximum Gasteiger partial charge on any atom is 0.348 e. The van der Waals surface area contributed by atoms with E-state index in [1.165, 1.54) is 19.9 Å². The fourth-order valence-corrected chi connectivity index (χ4v) is 2.54. The van der Waals surface area contributed by atoms with Crippen molar-refractivity contribution in [2.45, 2.75) is 26.2 Å².